The van der Waals surface area contributed by atoms with E-state index in [1.54, 1.807) is 24.3 Å². The number of rotatable bonds is 28. The van der Waals surface area contributed by atoms with Gasteiger partial charge in [-0.1, -0.05) is 124 Å². The molecule has 0 radical (unpaired) electrons. The molecular weight excluding hydrogens is 552 g/mol. The average molecular weight is 619 g/mol. The van der Waals surface area contributed by atoms with Crippen molar-refractivity contribution in [3.8, 4) is 0 Å². The van der Waals surface area contributed by atoms with Crippen LogP contribution in [-0.4, -0.2) is 74.5 Å². The van der Waals surface area contributed by atoms with E-state index in [4.69, 9.17) is 9.47 Å². The average Bonchev–Trinajstić information content (AvgIpc) is 3.02. The first kappa shape index (κ1) is 39.7. The molecule has 0 aliphatic rings. The van der Waals surface area contributed by atoms with E-state index >= 15 is 0 Å². The Morgan fingerprint density at radius 1 is 0.545 bits per heavy atom. The lowest BCUT2D eigenvalue weighted by molar-refractivity contribution is 0.139. The van der Waals surface area contributed by atoms with E-state index in [-0.39, 0.29) is 0 Å². The summed E-state index contributed by atoms with van der Waals surface area (Å²) in [6.45, 7) is 14.9. The van der Waals surface area contributed by atoms with Gasteiger partial charge in [-0.15, -0.1) is 0 Å². The highest BCUT2D eigenvalue weighted by molar-refractivity contribution is 5.88. The molecule has 2 amide bonds. The topological polar surface area (TPSA) is 83.1 Å². The lowest BCUT2D eigenvalue weighted by atomic mass is 10.1. The Morgan fingerprint density at radius 3 is 1.27 bits per heavy atom. The predicted molar refractivity (Wildman–Crippen MR) is 186 cm³/mol. The van der Waals surface area contributed by atoms with Crippen LogP contribution in [0, 0.1) is 0 Å². The largest absolute Gasteiger partial charge is 0.448 e. The summed E-state index contributed by atoms with van der Waals surface area (Å²) >= 11 is 0. The maximum absolute atomic E-state index is 12.4. The molecule has 254 valence electrons. The van der Waals surface area contributed by atoms with Gasteiger partial charge in [0.05, 0.1) is 0 Å². The Bertz CT molecular complexity index is 775. The quantitative estimate of drug-likeness (QED) is 0.0910. The van der Waals surface area contributed by atoms with Gasteiger partial charge in [-0.05, 0) is 57.2 Å². The molecule has 0 saturated carbocycles. The molecule has 1 aromatic rings. The number of carbonyl (C=O) groups is 2. The van der Waals surface area contributed by atoms with E-state index < -0.39 is 12.2 Å². The highest BCUT2D eigenvalue weighted by Crippen LogP contribution is 2.16. The molecule has 2 N–H and O–H groups in total. The molecule has 0 unspecified atom stereocenters. The van der Waals surface area contributed by atoms with E-state index in [1.807, 2.05) is 0 Å². The van der Waals surface area contributed by atoms with Crippen LogP contribution in [0.1, 0.15) is 130 Å². The monoisotopic (exact) mass is 619 g/mol. The lowest BCUT2D eigenvalue weighted by Gasteiger charge is -2.20. The van der Waals surface area contributed by atoms with E-state index in [1.165, 1.54) is 103 Å². The van der Waals surface area contributed by atoms with Crippen LogP contribution in [0.25, 0.3) is 0 Å². The summed E-state index contributed by atoms with van der Waals surface area (Å²) in [5.41, 5.74) is 1.11. The summed E-state index contributed by atoms with van der Waals surface area (Å²) in [7, 11) is 0. The van der Waals surface area contributed by atoms with Crippen molar-refractivity contribution in [1.29, 1.82) is 0 Å². The molecule has 8 heteroatoms. The zero-order valence-electron chi connectivity index (χ0n) is 28.8. The molecule has 0 aliphatic heterocycles. The molecule has 0 spiro atoms. The van der Waals surface area contributed by atoms with Crippen molar-refractivity contribution in [3.05, 3.63) is 24.3 Å². The molecule has 8 nitrogen and oxygen atoms in total. The Hall–Kier alpha value is -2.32. The Morgan fingerprint density at radius 2 is 0.909 bits per heavy atom. The van der Waals surface area contributed by atoms with Crippen molar-refractivity contribution in [2.24, 2.45) is 0 Å². The first-order valence-electron chi connectivity index (χ1n) is 17.9. The van der Waals surface area contributed by atoms with Gasteiger partial charge in [-0.3, -0.25) is 10.6 Å². The second kappa shape index (κ2) is 28.2. The number of nitrogens with one attached hydrogen (secondary N) is 2. The second-order valence-corrected chi connectivity index (χ2v) is 11.9. The first-order chi connectivity index (χ1) is 21.5. The molecule has 0 bridgehead atoms. The van der Waals surface area contributed by atoms with Crippen LogP contribution >= 0.6 is 0 Å². The third-order valence-electron chi connectivity index (χ3n) is 8.19. The highest BCUT2D eigenvalue weighted by atomic mass is 16.6. The van der Waals surface area contributed by atoms with Gasteiger partial charge in [0, 0.05) is 24.5 Å². The van der Waals surface area contributed by atoms with Crippen LogP contribution < -0.4 is 10.6 Å². The number of hydrogen-bond donors (Lipinski definition) is 2. The minimum atomic E-state index is -0.496. The van der Waals surface area contributed by atoms with E-state index in [0.717, 1.165) is 39.3 Å². The Kier molecular flexibility index (Phi) is 25.4. The lowest BCUT2D eigenvalue weighted by Crippen LogP contribution is -2.30. The summed E-state index contributed by atoms with van der Waals surface area (Å²) in [5.74, 6) is 0. The summed E-state index contributed by atoms with van der Waals surface area (Å²) in [4.78, 5) is 29.4. The fraction of sp³-hybridized carbons (Fsp3) is 0.778. The molecular formula is C36H66N4O4. The highest BCUT2D eigenvalue weighted by Gasteiger charge is 2.09. The predicted octanol–water partition coefficient (Wildman–Crippen LogP) is 9.71. The fourth-order valence-electron chi connectivity index (χ4n) is 5.31. The van der Waals surface area contributed by atoms with Crippen molar-refractivity contribution in [2.45, 2.75) is 130 Å². The third kappa shape index (κ3) is 22.2. The van der Waals surface area contributed by atoms with Gasteiger partial charge >= 0.3 is 12.2 Å². The third-order valence-corrected chi connectivity index (χ3v) is 8.19. The molecule has 0 fully saturated rings. The Labute approximate surface area is 270 Å². The van der Waals surface area contributed by atoms with Crippen molar-refractivity contribution in [1.82, 2.24) is 9.80 Å². The number of anilines is 2. The van der Waals surface area contributed by atoms with Gasteiger partial charge < -0.3 is 19.3 Å². The van der Waals surface area contributed by atoms with Crippen LogP contribution in [0.4, 0.5) is 21.0 Å². The van der Waals surface area contributed by atoms with Gasteiger partial charge in [0.25, 0.3) is 0 Å². The molecule has 0 aliphatic carbocycles. The molecule has 0 saturated heterocycles. The standard InChI is InChI=1S/C36H66N4O4/c1-5-9-11-13-15-17-19-21-26-39(7-3)28-30-43-35(41)37-33-24-23-25-34(32-33)38-36(42)44-31-29-40(8-4)27-22-20-18-16-14-12-10-6-2/h23-25,32H,5-22,26-31H2,1-4H3,(H,37,41)(H,38,42). The van der Waals surface area contributed by atoms with Crippen LogP contribution in [-0.2, 0) is 9.47 Å². The van der Waals surface area contributed by atoms with Crippen molar-refractivity contribution >= 4 is 23.6 Å². The molecule has 0 atom stereocenters. The van der Waals surface area contributed by atoms with Gasteiger partial charge in [0.1, 0.15) is 13.2 Å². The molecule has 1 rings (SSSR count). The van der Waals surface area contributed by atoms with Crippen LogP contribution in [0.2, 0.25) is 0 Å². The molecule has 1 aromatic carbocycles. The molecule has 0 heterocycles. The Balaban J connectivity index is 2.22. The molecule has 0 aromatic heterocycles. The number of nitrogens with zero attached hydrogens (tertiary/aromatic N) is 2. The normalized spacial score (nSPS) is 11.2. The summed E-state index contributed by atoms with van der Waals surface area (Å²) in [5, 5.41) is 5.51. The summed E-state index contributed by atoms with van der Waals surface area (Å²) in [6, 6.07) is 7.01. The van der Waals surface area contributed by atoms with Crippen molar-refractivity contribution < 1.29 is 19.1 Å². The van der Waals surface area contributed by atoms with Crippen molar-refractivity contribution in [2.75, 3.05) is 63.1 Å². The van der Waals surface area contributed by atoms with Crippen LogP contribution in [0.15, 0.2) is 24.3 Å². The number of carbonyl (C=O) groups excluding carboxylic acids is 2. The van der Waals surface area contributed by atoms with Gasteiger partial charge in [0.2, 0.25) is 0 Å². The zero-order chi connectivity index (χ0) is 32.1. The SMILES string of the molecule is CCCCCCCCCCN(CC)CCOC(=O)Nc1cccc(NC(=O)OCCN(CC)CCCCCCCCCC)c1. The van der Waals surface area contributed by atoms with Gasteiger partial charge in [0.15, 0.2) is 0 Å². The molecule has 44 heavy (non-hydrogen) atoms. The van der Waals surface area contributed by atoms with E-state index in [9.17, 15) is 9.59 Å². The second-order valence-electron chi connectivity index (χ2n) is 11.9. The fourth-order valence-corrected chi connectivity index (χ4v) is 5.31. The van der Waals surface area contributed by atoms with Crippen LogP contribution in [0.3, 0.4) is 0 Å². The number of amides is 2. The smallest absolute Gasteiger partial charge is 0.411 e. The summed E-state index contributed by atoms with van der Waals surface area (Å²) < 4.78 is 10.8. The number of ether oxygens (including phenoxy) is 2. The zero-order valence-corrected chi connectivity index (χ0v) is 28.8. The van der Waals surface area contributed by atoms with E-state index in [2.05, 4.69) is 48.1 Å². The van der Waals surface area contributed by atoms with E-state index in [0.29, 0.717) is 24.6 Å². The first-order valence-corrected chi connectivity index (χ1v) is 17.9. The number of likely N-dealkylation sites (N-methyl/N-ethyl adjacent to an activating group) is 2. The van der Waals surface area contributed by atoms with Crippen LogP contribution in [0.5, 0.6) is 0 Å². The minimum absolute atomic E-state index is 0.342. The van der Waals surface area contributed by atoms with Gasteiger partial charge in [-0.2, -0.15) is 0 Å². The minimum Gasteiger partial charge on any atom is -0.448 e. The number of hydrogen-bond acceptors (Lipinski definition) is 6. The van der Waals surface area contributed by atoms with Gasteiger partial charge in [-0.25, -0.2) is 9.59 Å². The number of benzene rings is 1. The maximum Gasteiger partial charge on any atom is 0.411 e. The maximum atomic E-state index is 12.4. The number of unbranched alkanes of at least 4 members (excludes halogenated alkanes) is 14. The van der Waals surface area contributed by atoms with Crippen molar-refractivity contribution in [3.63, 3.8) is 0 Å². The summed E-state index contributed by atoms with van der Waals surface area (Å²) in [6.07, 6.45) is 19.9.